The molecule has 0 aliphatic carbocycles. The number of pyridine rings is 1. The quantitative estimate of drug-likeness (QED) is 0.868. The van der Waals surface area contributed by atoms with Crippen LogP contribution in [0.5, 0.6) is 0 Å². The van der Waals surface area contributed by atoms with Crippen LogP contribution in [0, 0.1) is 12.8 Å². The highest BCUT2D eigenvalue weighted by Gasteiger charge is 2.30. The van der Waals surface area contributed by atoms with Gasteiger partial charge in [0.05, 0.1) is 11.7 Å². The highest BCUT2D eigenvalue weighted by molar-refractivity contribution is 5.69. The molecule has 4 heterocycles. The van der Waals surface area contributed by atoms with Crippen molar-refractivity contribution in [3.05, 3.63) is 24.2 Å². The predicted molar refractivity (Wildman–Crippen MR) is 86.2 cm³/mol. The first-order valence-corrected chi connectivity index (χ1v) is 8.43. The van der Waals surface area contributed by atoms with Crippen molar-refractivity contribution < 1.29 is 9.26 Å². The van der Waals surface area contributed by atoms with Crippen LogP contribution in [-0.2, 0) is 4.74 Å². The van der Waals surface area contributed by atoms with Gasteiger partial charge in [-0.2, -0.15) is 4.98 Å². The van der Waals surface area contributed by atoms with Crippen LogP contribution in [0.15, 0.2) is 22.9 Å². The van der Waals surface area contributed by atoms with E-state index < -0.39 is 0 Å². The van der Waals surface area contributed by atoms with E-state index in [9.17, 15) is 0 Å². The lowest BCUT2D eigenvalue weighted by atomic mass is 9.89. The SMILES string of the molecule is Cc1noc(-c2cccnc2N2CCC(C3CCCO3)CC2)n1. The van der Waals surface area contributed by atoms with Gasteiger partial charge in [0.15, 0.2) is 5.82 Å². The Morgan fingerprint density at radius 2 is 2.09 bits per heavy atom. The van der Waals surface area contributed by atoms with Crippen molar-refractivity contribution in [1.29, 1.82) is 0 Å². The number of nitrogens with zero attached hydrogens (tertiary/aromatic N) is 4. The summed E-state index contributed by atoms with van der Waals surface area (Å²) in [5.41, 5.74) is 0.920. The van der Waals surface area contributed by atoms with Gasteiger partial charge in [-0.05, 0) is 50.7 Å². The molecule has 0 spiro atoms. The zero-order chi connectivity index (χ0) is 15.6. The van der Waals surface area contributed by atoms with Crippen LogP contribution in [0.2, 0.25) is 0 Å². The Hall–Kier alpha value is -1.95. The standard InChI is InChI=1S/C17H22N4O2/c1-12-19-17(23-20-12)14-4-2-8-18-16(14)21-9-6-13(7-10-21)15-5-3-11-22-15/h2,4,8,13,15H,3,5-7,9-11H2,1H3. The molecule has 2 aliphatic rings. The first-order valence-electron chi connectivity index (χ1n) is 8.43. The molecule has 0 saturated carbocycles. The summed E-state index contributed by atoms with van der Waals surface area (Å²) < 4.78 is 11.2. The van der Waals surface area contributed by atoms with Gasteiger partial charge in [-0.15, -0.1) is 0 Å². The Morgan fingerprint density at radius 3 is 2.78 bits per heavy atom. The maximum absolute atomic E-state index is 5.86. The molecular formula is C17H22N4O2. The van der Waals surface area contributed by atoms with E-state index in [-0.39, 0.29) is 0 Å². The summed E-state index contributed by atoms with van der Waals surface area (Å²) in [4.78, 5) is 11.3. The summed E-state index contributed by atoms with van der Waals surface area (Å²) in [6.07, 6.45) is 7.05. The topological polar surface area (TPSA) is 64.3 Å². The molecule has 23 heavy (non-hydrogen) atoms. The van der Waals surface area contributed by atoms with Crippen molar-refractivity contribution in [3.8, 4) is 11.5 Å². The van der Waals surface area contributed by atoms with Crippen molar-refractivity contribution >= 4 is 5.82 Å². The number of rotatable bonds is 3. The third-order valence-corrected chi connectivity index (χ3v) is 4.87. The van der Waals surface area contributed by atoms with E-state index in [2.05, 4.69) is 20.0 Å². The molecule has 1 unspecified atom stereocenters. The Bertz CT molecular complexity index is 658. The van der Waals surface area contributed by atoms with Gasteiger partial charge in [0.1, 0.15) is 5.82 Å². The van der Waals surface area contributed by atoms with Crippen LogP contribution < -0.4 is 4.90 Å². The first-order chi connectivity index (χ1) is 11.3. The van der Waals surface area contributed by atoms with Gasteiger partial charge in [-0.25, -0.2) is 4.98 Å². The second-order valence-corrected chi connectivity index (χ2v) is 6.40. The zero-order valence-corrected chi connectivity index (χ0v) is 13.4. The van der Waals surface area contributed by atoms with E-state index >= 15 is 0 Å². The minimum Gasteiger partial charge on any atom is -0.378 e. The Balaban J connectivity index is 1.51. The minimum absolute atomic E-state index is 0.471. The van der Waals surface area contributed by atoms with Crippen molar-refractivity contribution in [1.82, 2.24) is 15.1 Å². The Morgan fingerprint density at radius 1 is 1.22 bits per heavy atom. The molecule has 6 heteroatoms. The fraction of sp³-hybridized carbons (Fsp3) is 0.588. The molecule has 2 aliphatic heterocycles. The van der Waals surface area contributed by atoms with Gasteiger partial charge in [-0.3, -0.25) is 0 Å². The number of hydrogen-bond acceptors (Lipinski definition) is 6. The summed E-state index contributed by atoms with van der Waals surface area (Å²) in [6, 6.07) is 3.92. The average Bonchev–Trinajstić information content (AvgIpc) is 3.27. The fourth-order valence-electron chi connectivity index (χ4n) is 3.68. The van der Waals surface area contributed by atoms with Crippen LogP contribution in [0.3, 0.4) is 0 Å². The first kappa shape index (κ1) is 14.6. The lowest BCUT2D eigenvalue weighted by Gasteiger charge is -2.35. The molecule has 2 fully saturated rings. The lowest BCUT2D eigenvalue weighted by molar-refractivity contribution is 0.0531. The van der Waals surface area contributed by atoms with E-state index in [1.807, 2.05) is 25.3 Å². The normalized spacial score (nSPS) is 22.7. The molecule has 0 amide bonds. The van der Waals surface area contributed by atoms with Crippen molar-refractivity contribution in [2.75, 3.05) is 24.6 Å². The predicted octanol–water partition coefficient (Wildman–Crippen LogP) is 2.84. The summed E-state index contributed by atoms with van der Waals surface area (Å²) in [5.74, 6) is 2.83. The average molecular weight is 314 g/mol. The molecule has 0 N–H and O–H groups in total. The molecule has 0 aromatic carbocycles. The second-order valence-electron chi connectivity index (χ2n) is 6.40. The molecule has 4 rings (SSSR count). The van der Waals surface area contributed by atoms with E-state index in [0.29, 0.717) is 23.7 Å². The van der Waals surface area contributed by atoms with Crippen LogP contribution in [0.4, 0.5) is 5.82 Å². The Kier molecular flexibility index (Phi) is 3.99. The van der Waals surface area contributed by atoms with Gasteiger partial charge in [0.2, 0.25) is 0 Å². The number of aromatic nitrogens is 3. The molecule has 122 valence electrons. The minimum atomic E-state index is 0.471. The monoisotopic (exact) mass is 314 g/mol. The van der Waals surface area contributed by atoms with E-state index in [4.69, 9.17) is 9.26 Å². The van der Waals surface area contributed by atoms with Gasteiger partial charge in [0.25, 0.3) is 5.89 Å². The van der Waals surface area contributed by atoms with Crippen LogP contribution in [0.25, 0.3) is 11.5 Å². The molecule has 2 aromatic heterocycles. The zero-order valence-electron chi connectivity index (χ0n) is 13.4. The summed E-state index contributed by atoms with van der Waals surface area (Å²) in [5, 5.41) is 3.89. The van der Waals surface area contributed by atoms with E-state index in [1.54, 1.807) is 0 Å². The largest absolute Gasteiger partial charge is 0.378 e. The van der Waals surface area contributed by atoms with Crippen molar-refractivity contribution in [3.63, 3.8) is 0 Å². The molecule has 1 atom stereocenters. The number of aryl methyl sites for hydroxylation is 1. The fourth-order valence-corrected chi connectivity index (χ4v) is 3.68. The summed E-state index contributed by atoms with van der Waals surface area (Å²) >= 11 is 0. The second kappa shape index (κ2) is 6.28. The van der Waals surface area contributed by atoms with Gasteiger partial charge < -0.3 is 14.2 Å². The highest BCUT2D eigenvalue weighted by atomic mass is 16.5. The van der Waals surface area contributed by atoms with Crippen LogP contribution in [-0.4, -0.2) is 40.9 Å². The van der Waals surface area contributed by atoms with Crippen molar-refractivity contribution in [2.45, 2.75) is 38.7 Å². The number of hydrogen-bond donors (Lipinski definition) is 0. The van der Waals surface area contributed by atoms with Crippen molar-refractivity contribution in [2.24, 2.45) is 5.92 Å². The number of anilines is 1. The molecule has 2 aromatic rings. The maximum atomic E-state index is 5.86. The van der Waals surface area contributed by atoms with Crippen LogP contribution in [0.1, 0.15) is 31.5 Å². The third-order valence-electron chi connectivity index (χ3n) is 4.87. The van der Waals surface area contributed by atoms with Gasteiger partial charge in [-0.1, -0.05) is 5.16 Å². The molecule has 0 radical (unpaired) electrons. The van der Waals surface area contributed by atoms with E-state index in [1.165, 1.54) is 12.8 Å². The smallest absolute Gasteiger partial charge is 0.261 e. The van der Waals surface area contributed by atoms with Gasteiger partial charge in [0, 0.05) is 25.9 Å². The maximum Gasteiger partial charge on any atom is 0.261 e. The Labute approximate surface area is 135 Å². The van der Waals surface area contributed by atoms with E-state index in [0.717, 1.165) is 43.9 Å². The molecule has 0 bridgehead atoms. The van der Waals surface area contributed by atoms with Gasteiger partial charge >= 0.3 is 0 Å². The lowest BCUT2D eigenvalue weighted by Crippen LogP contribution is -2.38. The van der Waals surface area contributed by atoms with Crippen LogP contribution >= 0.6 is 0 Å². The third kappa shape index (κ3) is 2.95. The summed E-state index contributed by atoms with van der Waals surface area (Å²) in [6.45, 7) is 4.77. The highest BCUT2D eigenvalue weighted by Crippen LogP contribution is 2.33. The summed E-state index contributed by atoms with van der Waals surface area (Å²) in [7, 11) is 0. The molecule has 6 nitrogen and oxygen atoms in total. The molecular weight excluding hydrogens is 292 g/mol. The number of ether oxygens (including phenoxy) is 1. The molecule has 2 saturated heterocycles. The number of piperidine rings is 1.